The molecule has 0 aliphatic carbocycles. The number of guanidine groups is 1. The van der Waals surface area contributed by atoms with Crippen molar-refractivity contribution in [3.05, 3.63) is 35.9 Å². The maximum Gasteiger partial charge on any atom is 0.407 e. The molecular weight excluding hydrogens is 483 g/mol. The Morgan fingerprint density at radius 3 is 2.52 bits per heavy atom. The Morgan fingerprint density at radius 1 is 1.17 bits per heavy atom. The Labute approximate surface area is 191 Å². The van der Waals surface area contributed by atoms with Crippen molar-refractivity contribution in [2.75, 3.05) is 33.3 Å². The number of nitrogens with zero attached hydrogens (tertiary/aromatic N) is 1. The Morgan fingerprint density at radius 2 is 1.86 bits per heavy atom. The molecule has 3 N–H and O–H groups in total. The largest absolute Gasteiger partial charge is 0.444 e. The van der Waals surface area contributed by atoms with E-state index in [0.717, 1.165) is 26.0 Å². The molecule has 0 radical (unpaired) electrons. The standard InChI is InChI=1S/C21H34N4O3.HI/c1-21(2,3)28-20(26)24-13-12-23-19(22-4)25-15-17-11-8-14-27-18(17)16-9-6-5-7-10-16;/h5-7,9-10,17-18H,8,11-15H2,1-4H3,(H,24,26)(H2,22,23,25);1H. The molecule has 1 aliphatic heterocycles. The number of carbonyl (C=O) groups excluding carboxylic acids is 1. The van der Waals surface area contributed by atoms with Gasteiger partial charge in [-0.3, -0.25) is 4.99 Å². The number of amides is 1. The first kappa shape index (κ1) is 25.5. The Hall–Kier alpha value is -1.55. The second kappa shape index (κ2) is 12.9. The number of benzene rings is 1. The fraction of sp³-hybridized carbons (Fsp3) is 0.619. The molecule has 1 aliphatic rings. The molecule has 1 heterocycles. The second-order valence-electron chi connectivity index (χ2n) is 7.91. The highest BCUT2D eigenvalue weighted by molar-refractivity contribution is 14.0. The van der Waals surface area contributed by atoms with Crippen molar-refractivity contribution in [3.8, 4) is 0 Å². The van der Waals surface area contributed by atoms with Gasteiger partial charge in [-0.05, 0) is 39.2 Å². The number of hydrogen-bond donors (Lipinski definition) is 3. The van der Waals surface area contributed by atoms with Crippen LogP contribution in [0.2, 0.25) is 0 Å². The van der Waals surface area contributed by atoms with Crippen LogP contribution in [0.25, 0.3) is 0 Å². The van der Waals surface area contributed by atoms with Crippen molar-refractivity contribution in [3.63, 3.8) is 0 Å². The molecule has 0 aromatic heterocycles. The van der Waals surface area contributed by atoms with Crippen molar-refractivity contribution < 1.29 is 14.3 Å². The normalized spacial score (nSPS) is 19.7. The molecular formula is C21H35IN4O3. The van der Waals surface area contributed by atoms with Gasteiger partial charge in [-0.1, -0.05) is 30.3 Å². The zero-order valence-corrected chi connectivity index (χ0v) is 20.2. The summed E-state index contributed by atoms with van der Waals surface area (Å²) < 4.78 is 11.3. The zero-order valence-electron chi connectivity index (χ0n) is 17.9. The first-order valence-corrected chi connectivity index (χ1v) is 9.97. The van der Waals surface area contributed by atoms with E-state index >= 15 is 0 Å². The van der Waals surface area contributed by atoms with Gasteiger partial charge in [-0.2, -0.15) is 0 Å². The molecule has 2 rings (SSSR count). The second-order valence-corrected chi connectivity index (χ2v) is 7.91. The van der Waals surface area contributed by atoms with Gasteiger partial charge in [0.05, 0.1) is 6.10 Å². The van der Waals surface area contributed by atoms with Crippen LogP contribution >= 0.6 is 24.0 Å². The Bertz CT molecular complexity index is 635. The molecule has 1 amide bonds. The van der Waals surface area contributed by atoms with Crippen LogP contribution in [-0.2, 0) is 9.47 Å². The third kappa shape index (κ3) is 9.66. The van der Waals surface area contributed by atoms with Gasteiger partial charge in [-0.15, -0.1) is 24.0 Å². The third-order valence-electron chi connectivity index (χ3n) is 4.41. The van der Waals surface area contributed by atoms with E-state index in [2.05, 4.69) is 45.2 Å². The van der Waals surface area contributed by atoms with Crippen molar-refractivity contribution in [1.29, 1.82) is 0 Å². The first-order chi connectivity index (χ1) is 13.4. The van der Waals surface area contributed by atoms with Crippen LogP contribution in [0.3, 0.4) is 0 Å². The lowest BCUT2D eigenvalue weighted by atomic mass is 9.89. The maximum atomic E-state index is 11.7. The van der Waals surface area contributed by atoms with Crippen LogP contribution < -0.4 is 16.0 Å². The highest BCUT2D eigenvalue weighted by atomic mass is 127. The maximum absolute atomic E-state index is 11.7. The minimum atomic E-state index is -0.494. The molecule has 1 aromatic rings. The number of halogens is 1. The Kier molecular flexibility index (Phi) is 11.3. The highest BCUT2D eigenvalue weighted by Crippen LogP contribution is 2.32. The molecule has 2 atom stereocenters. The fourth-order valence-corrected chi connectivity index (χ4v) is 3.17. The smallest absolute Gasteiger partial charge is 0.407 e. The summed E-state index contributed by atoms with van der Waals surface area (Å²) in [6.45, 7) is 8.12. The average Bonchev–Trinajstić information content (AvgIpc) is 2.67. The molecule has 164 valence electrons. The monoisotopic (exact) mass is 518 g/mol. The average molecular weight is 518 g/mol. The molecule has 29 heavy (non-hydrogen) atoms. The third-order valence-corrected chi connectivity index (χ3v) is 4.41. The number of hydrogen-bond acceptors (Lipinski definition) is 4. The van der Waals surface area contributed by atoms with Crippen molar-refractivity contribution in [1.82, 2.24) is 16.0 Å². The molecule has 1 saturated heterocycles. The van der Waals surface area contributed by atoms with E-state index in [1.807, 2.05) is 26.8 Å². The van der Waals surface area contributed by atoms with Gasteiger partial charge in [-0.25, -0.2) is 4.79 Å². The van der Waals surface area contributed by atoms with Gasteiger partial charge < -0.3 is 25.4 Å². The summed E-state index contributed by atoms with van der Waals surface area (Å²) in [6.07, 6.45) is 1.88. The quantitative estimate of drug-likeness (QED) is 0.233. The van der Waals surface area contributed by atoms with Crippen LogP contribution in [0.5, 0.6) is 0 Å². The number of nitrogens with one attached hydrogen (secondary N) is 3. The molecule has 1 aromatic carbocycles. The fourth-order valence-electron chi connectivity index (χ4n) is 3.17. The van der Waals surface area contributed by atoms with E-state index in [1.54, 1.807) is 7.05 Å². The van der Waals surface area contributed by atoms with E-state index in [1.165, 1.54) is 5.56 Å². The highest BCUT2D eigenvalue weighted by Gasteiger charge is 2.27. The molecule has 0 saturated carbocycles. The van der Waals surface area contributed by atoms with Gasteiger partial charge in [0.1, 0.15) is 5.60 Å². The van der Waals surface area contributed by atoms with E-state index in [0.29, 0.717) is 25.0 Å². The lowest BCUT2D eigenvalue weighted by Crippen LogP contribution is -2.44. The minimum Gasteiger partial charge on any atom is -0.444 e. The summed E-state index contributed by atoms with van der Waals surface area (Å²) in [7, 11) is 1.74. The zero-order chi connectivity index (χ0) is 20.4. The predicted molar refractivity (Wildman–Crippen MR) is 127 cm³/mol. The summed E-state index contributed by atoms with van der Waals surface area (Å²) in [5.41, 5.74) is 0.727. The summed E-state index contributed by atoms with van der Waals surface area (Å²) in [6, 6.07) is 10.4. The summed E-state index contributed by atoms with van der Waals surface area (Å²) in [4.78, 5) is 15.9. The van der Waals surface area contributed by atoms with Crippen LogP contribution in [0.4, 0.5) is 4.79 Å². The Balaban J connectivity index is 0.00000420. The lowest BCUT2D eigenvalue weighted by molar-refractivity contribution is -0.0265. The lowest BCUT2D eigenvalue weighted by Gasteiger charge is -2.32. The SMILES string of the molecule is CN=C(NCCNC(=O)OC(C)(C)C)NCC1CCCOC1c1ccccc1.I. The molecule has 0 spiro atoms. The molecule has 8 heteroatoms. The first-order valence-electron chi connectivity index (χ1n) is 9.97. The number of carbonyl (C=O) groups is 1. The van der Waals surface area contributed by atoms with Crippen molar-refractivity contribution >= 4 is 36.0 Å². The number of aliphatic imine (C=N–C) groups is 1. The van der Waals surface area contributed by atoms with E-state index in [9.17, 15) is 4.79 Å². The topological polar surface area (TPSA) is 84.0 Å². The van der Waals surface area contributed by atoms with Crippen molar-refractivity contribution in [2.24, 2.45) is 10.9 Å². The van der Waals surface area contributed by atoms with Gasteiger partial charge in [0.25, 0.3) is 0 Å². The summed E-state index contributed by atoms with van der Waals surface area (Å²) in [5.74, 6) is 1.10. The summed E-state index contributed by atoms with van der Waals surface area (Å²) >= 11 is 0. The van der Waals surface area contributed by atoms with E-state index < -0.39 is 11.7 Å². The van der Waals surface area contributed by atoms with E-state index in [-0.39, 0.29) is 30.1 Å². The van der Waals surface area contributed by atoms with Gasteiger partial charge in [0.15, 0.2) is 5.96 Å². The van der Waals surface area contributed by atoms with E-state index in [4.69, 9.17) is 9.47 Å². The molecule has 2 unspecified atom stereocenters. The van der Waals surface area contributed by atoms with Crippen LogP contribution in [0.15, 0.2) is 35.3 Å². The molecule has 0 bridgehead atoms. The van der Waals surface area contributed by atoms with Crippen LogP contribution in [0, 0.1) is 5.92 Å². The van der Waals surface area contributed by atoms with Gasteiger partial charge in [0.2, 0.25) is 0 Å². The van der Waals surface area contributed by atoms with Crippen molar-refractivity contribution in [2.45, 2.75) is 45.3 Å². The van der Waals surface area contributed by atoms with Gasteiger partial charge >= 0.3 is 6.09 Å². The summed E-state index contributed by atoms with van der Waals surface area (Å²) in [5, 5.41) is 9.32. The minimum absolute atomic E-state index is 0. The van der Waals surface area contributed by atoms with Gasteiger partial charge in [0, 0.05) is 39.2 Å². The predicted octanol–water partition coefficient (Wildman–Crippen LogP) is 3.46. The molecule has 1 fully saturated rings. The number of alkyl carbamates (subject to hydrolysis) is 1. The number of ether oxygens (including phenoxy) is 2. The van der Waals surface area contributed by atoms with Crippen LogP contribution in [-0.4, -0.2) is 50.9 Å². The molecule has 7 nitrogen and oxygen atoms in total. The number of rotatable bonds is 6. The van der Waals surface area contributed by atoms with Crippen LogP contribution in [0.1, 0.15) is 45.3 Å².